The molecule has 0 bridgehead atoms. The molecule has 0 atom stereocenters. The highest BCUT2D eigenvalue weighted by molar-refractivity contribution is 5.74. The third-order valence-corrected chi connectivity index (χ3v) is 4.22. The van der Waals surface area contributed by atoms with Crippen LogP contribution >= 0.6 is 0 Å². The first-order valence-corrected chi connectivity index (χ1v) is 9.44. The van der Waals surface area contributed by atoms with Gasteiger partial charge >= 0.3 is 5.97 Å². The van der Waals surface area contributed by atoms with Crippen molar-refractivity contribution in [2.75, 3.05) is 26.2 Å². The van der Waals surface area contributed by atoms with E-state index >= 15 is 0 Å². The Morgan fingerprint density at radius 2 is 1.38 bits per heavy atom. The number of hydrogen-bond acceptors (Lipinski definition) is 4. The molecule has 1 amide bonds. The van der Waals surface area contributed by atoms with Crippen molar-refractivity contribution in [1.29, 1.82) is 0 Å². The van der Waals surface area contributed by atoms with E-state index in [0.717, 1.165) is 24.3 Å². The third-order valence-electron chi connectivity index (χ3n) is 4.22. The van der Waals surface area contributed by atoms with E-state index in [1.54, 1.807) is 4.90 Å². The van der Waals surface area contributed by atoms with Gasteiger partial charge in [-0.3, -0.25) is 19.7 Å². The van der Waals surface area contributed by atoms with Crippen molar-refractivity contribution in [1.82, 2.24) is 9.96 Å². The molecule has 0 unspecified atom stereocenters. The fourth-order valence-electron chi connectivity index (χ4n) is 2.62. The molecule has 0 aromatic carbocycles. The van der Waals surface area contributed by atoms with E-state index in [0.29, 0.717) is 19.5 Å². The minimum Gasteiger partial charge on any atom is -0.480 e. The monoisotopic (exact) mass is 344 g/mol. The van der Waals surface area contributed by atoms with Gasteiger partial charge in [-0.25, -0.2) is 5.06 Å². The molecule has 0 spiro atoms. The molecule has 0 saturated carbocycles. The first-order valence-electron chi connectivity index (χ1n) is 9.44. The zero-order valence-corrected chi connectivity index (χ0v) is 15.5. The molecule has 0 fully saturated rings. The number of hydrogen-bond donors (Lipinski definition) is 2. The SMILES string of the molecule is CCCCCCCCCCCC(=O)N(O)CCN(CC)CC(=O)O. The summed E-state index contributed by atoms with van der Waals surface area (Å²) in [6.45, 7) is 5.09. The first kappa shape index (κ1) is 22.9. The summed E-state index contributed by atoms with van der Waals surface area (Å²) >= 11 is 0. The second kappa shape index (κ2) is 15.4. The van der Waals surface area contributed by atoms with Crippen molar-refractivity contribution in [2.24, 2.45) is 0 Å². The van der Waals surface area contributed by atoms with E-state index in [4.69, 9.17) is 5.11 Å². The van der Waals surface area contributed by atoms with Crippen LogP contribution in [0.25, 0.3) is 0 Å². The van der Waals surface area contributed by atoms with E-state index in [-0.39, 0.29) is 19.0 Å². The van der Waals surface area contributed by atoms with Gasteiger partial charge in [0, 0.05) is 13.0 Å². The molecule has 0 aromatic heterocycles. The lowest BCUT2D eigenvalue weighted by Crippen LogP contribution is -2.38. The van der Waals surface area contributed by atoms with E-state index in [9.17, 15) is 14.8 Å². The van der Waals surface area contributed by atoms with Crippen LogP contribution in [-0.2, 0) is 9.59 Å². The molecule has 142 valence electrons. The standard InChI is InChI=1S/C18H36N2O4/c1-3-5-6-7-8-9-10-11-12-13-17(21)20(24)15-14-19(4-2)16-18(22)23/h24H,3-16H2,1-2H3,(H,22,23). The van der Waals surface area contributed by atoms with Crippen LogP contribution in [0.1, 0.15) is 78.1 Å². The number of carboxylic acids is 1. The number of rotatable bonds is 16. The molecule has 2 N–H and O–H groups in total. The van der Waals surface area contributed by atoms with E-state index < -0.39 is 5.97 Å². The Morgan fingerprint density at radius 1 is 0.833 bits per heavy atom. The summed E-state index contributed by atoms with van der Waals surface area (Å²) in [5.74, 6) is -1.17. The Balaban J connectivity index is 3.63. The number of likely N-dealkylation sites (N-methyl/N-ethyl adjacent to an activating group) is 1. The molecule has 0 aliphatic rings. The molecule has 6 nitrogen and oxygen atoms in total. The number of carbonyl (C=O) groups is 2. The summed E-state index contributed by atoms with van der Waals surface area (Å²) in [5.41, 5.74) is 0. The van der Waals surface area contributed by atoms with Gasteiger partial charge in [0.1, 0.15) is 0 Å². The normalized spacial score (nSPS) is 11.0. The highest BCUT2D eigenvalue weighted by Crippen LogP contribution is 2.11. The van der Waals surface area contributed by atoms with Gasteiger partial charge in [-0.2, -0.15) is 0 Å². The Kier molecular flexibility index (Phi) is 14.7. The molecular weight excluding hydrogens is 308 g/mol. The number of aliphatic carboxylic acids is 1. The Hall–Kier alpha value is -1.14. The maximum absolute atomic E-state index is 11.8. The van der Waals surface area contributed by atoms with Crippen LogP contribution in [0.15, 0.2) is 0 Å². The quantitative estimate of drug-likeness (QED) is 0.254. The maximum Gasteiger partial charge on any atom is 0.317 e. The fraction of sp³-hybridized carbons (Fsp3) is 0.889. The van der Waals surface area contributed by atoms with Crippen LogP contribution in [0.5, 0.6) is 0 Å². The van der Waals surface area contributed by atoms with Crippen molar-refractivity contribution in [3.63, 3.8) is 0 Å². The molecule has 24 heavy (non-hydrogen) atoms. The summed E-state index contributed by atoms with van der Waals surface area (Å²) in [5, 5.41) is 19.2. The lowest BCUT2D eigenvalue weighted by Gasteiger charge is -2.21. The molecule has 6 heteroatoms. The fourth-order valence-corrected chi connectivity index (χ4v) is 2.62. The van der Waals surface area contributed by atoms with E-state index in [1.165, 1.54) is 38.5 Å². The predicted octanol–water partition coefficient (Wildman–Crippen LogP) is 3.53. The van der Waals surface area contributed by atoms with Gasteiger partial charge in [0.2, 0.25) is 5.91 Å². The second-order valence-electron chi connectivity index (χ2n) is 6.36. The maximum atomic E-state index is 11.8. The minimum atomic E-state index is -0.901. The summed E-state index contributed by atoms with van der Waals surface area (Å²) in [7, 11) is 0. The number of carbonyl (C=O) groups excluding carboxylic acids is 1. The molecule has 0 aliphatic heterocycles. The lowest BCUT2D eigenvalue weighted by molar-refractivity contribution is -0.166. The smallest absolute Gasteiger partial charge is 0.317 e. The summed E-state index contributed by atoms with van der Waals surface area (Å²) in [4.78, 5) is 24.2. The largest absolute Gasteiger partial charge is 0.480 e. The van der Waals surface area contributed by atoms with Crippen molar-refractivity contribution < 1.29 is 19.9 Å². The van der Waals surface area contributed by atoms with Crippen LogP contribution in [0.3, 0.4) is 0 Å². The summed E-state index contributed by atoms with van der Waals surface area (Å²) in [6, 6.07) is 0. The minimum absolute atomic E-state index is 0.0726. The Labute approximate surface area is 146 Å². The highest BCUT2D eigenvalue weighted by atomic mass is 16.5. The predicted molar refractivity (Wildman–Crippen MR) is 95.1 cm³/mol. The molecule has 0 aliphatic carbocycles. The summed E-state index contributed by atoms with van der Waals surface area (Å²) in [6.07, 6.45) is 11.1. The van der Waals surface area contributed by atoms with Crippen LogP contribution in [0.2, 0.25) is 0 Å². The van der Waals surface area contributed by atoms with Gasteiger partial charge in [-0.15, -0.1) is 0 Å². The Morgan fingerprint density at radius 3 is 1.88 bits per heavy atom. The van der Waals surface area contributed by atoms with Gasteiger partial charge in [-0.1, -0.05) is 65.2 Å². The van der Waals surface area contributed by atoms with Crippen LogP contribution < -0.4 is 0 Å². The molecule has 0 aromatic rings. The van der Waals surface area contributed by atoms with Crippen molar-refractivity contribution in [2.45, 2.75) is 78.1 Å². The average molecular weight is 344 g/mol. The topological polar surface area (TPSA) is 81.1 Å². The zero-order valence-electron chi connectivity index (χ0n) is 15.5. The van der Waals surface area contributed by atoms with Gasteiger partial charge in [0.25, 0.3) is 0 Å². The highest BCUT2D eigenvalue weighted by Gasteiger charge is 2.13. The summed E-state index contributed by atoms with van der Waals surface area (Å²) < 4.78 is 0. The van der Waals surface area contributed by atoms with Gasteiger partial charge in [0.05, 0.1) is 13.1 Å². The van der Waals surface area contributed by atoms with Crippen LogP contribution in [0, 0.1) is 0 Å². The molecular formula is C18H36N2O4. The molecule has 0 saturated heterocycles. The third kappa shape index (κ3) is 13.3. The molecule has 0 radical (unpaired) electrons. The van der Waals surface area contributed by atoms with Crippen molar-refractivity contribution in [3.05, 3.63) is 0 Å². The van der Waals surface area contributed by atoms with Crippen LogP contribution in [-0.4, -0.2) is 58.3 Å². The van der Waals surface area contributed by atoms with Crippen molar-refractivity contribution in [3.8, 4) is 0 Å². The van der Waals surface area contributed by atoms with Crippen LogP contribution in [0.4, 0.5) is 0 Å². The number of unbranched alkanes of at least 4 members (excludes halogenated alkanes) is 8. The molecule has 0 heterocycles. The second-order valence-corrected chi connectivity index (χ2v) is 6.36. The van der Waals surface area contributed by atoms with E-state index in [1.807, 2.05) is 6.92 Å². The molecule has 0 rings (SSSR count). The van der Waals surface area contributed by atoms with Gasteiger partial charge in [0.15, 0.2) is 0 Å². The first-order chi connectivity index (χ1) is 11.5. The van der Waals surface area contributed by atoms with Gasteiger partial charge < -0.3 is 5.11 Å². The number of carboxylic acid groups (broad SMARTS) is 1. The number of amides is 1. The number of hydroxylamine groups is 2. The number of nitrogens with zero attached hydrogens (tertiary/aromatic N) is 2. The van der Waals surface area contributed by atoms with E-state index in [2.05, 4.69) is 6.92 Å². The van der Waals surface area contributed by atoms with Crippen molar-refractivity contribution >= 4 is 11.9 Å². The average Bonchev–Trinajstić information content (AvgIpc) is 2.56. The lowest BCUT2D eigenvalue weighted by atomic mass is 10.1. The van der Waals surface area contributed by atoms with Gasteiger partial charge in [-0.05, 0) is 13.0 Å². The Bertz CT molecular complexity index is 337. The zero-order chi connectivity index (χ0) is 18.2.